The molecular formula is C9H17N3O5. The molecule has 1 saturated heterocycles. The molecular weight excluding hydrogens is 230 g/mol. The molecule has 0 saturated carbocycles. The molecule has 1 heterocycles. The minimum absolute atomic E-state index is 0.00776. The molecule has 1 N–H and O–H groups in total. The molecule has 5 atom stereocenters. The Balaban J connectivity index is 2.81. The molecule has 1 aliphatic heterocycles. The molecule has 8 heteroatoms. The Bertz CT molecular complexity index is 284. The fourth-order valence-electron chi connectivity index (χ4n) is 1.87. The maximum Gasteiger partial charge on any atom is 0.186 e. The summed E-state index contributed by atoms with van der Waals surface area (Å²) in [5, 5.41) is 13.4. The highest BCUT2D eigenvalue weighted by Crippen LogP contribution is 2.25. The van der Waals surface area contributed by atoms with E-state index >= 15 is 0 Å². The molecule has 0 aromatic heterocycles. The summed E-state index contributed by atoms with van der Waals surface area (Å²) in [5.74, 6) is 0. The summed E-state index contributed by atoms with van der Waals surface area (Å²) in [6.07, 6.45) is -3.43. The minimum atomic E-state index is -0.943. The van der Waals surface area contributed by atoms with Crippen LogP contribution in [0.25, 0.3) is 10.4 Å². The molecule has 1 rings (SSSR count). The summed E-state index contributed by atoms with van der Waals surface area (Å²) in [5.41, 5.74) is 8.26. The Labute approximate surface area is 99.0 Å². The first-order valence-corrected chi connectivity index (χ1v) is 5.12. The predicted molar refractivity (Wildman–Crippen MR) is 57.3 cm³/mol. The van der Waals surface area contributed by atoms with Crippen LogP contribution in [0.15, 0.2) is 5.11 Å². The molecule has 0 aromatic rings. The monoisotopic (exact) mass is 247 g/mol. The predicted octanol–water partition coefficient (Wildman–Crippen LogP) is 0.0589. The third kappa shape index (κ3) is 3.06. The lowest BCUT2D eigenvalue weighted by Gasteiger charge is -2.42. The standard InChI is InChI=1S/C9H17N3O5/c1-14-7-6(13)5(4-11-12-10)17-9(16-3)8(7)15-2/h5-9,13H,4H2,1-3H3/t5-,6-,7+,8-,9+/m1/s1. The van der Waals surface area contributed by atoms with E-state index in [9.17, 15) is 5.11 Å². The van der Waals surface area contributed by atoms with Gasteiger partial charge in [-0.15, -0.1) is 0 Å². The summed E-state index contributed by atoms with van der Waals surface area (Å²) in [6.45, 7) is 0.00776. The molecule has 1 fully saturated rings. The van der Waals surface area contributed by atoms with E-state index in [2.05, 4.69) is 10.0 Å². The van der Waals surface area contributed by atoms with Gasteiger partial charge in [0.25, 0.3) is 0 Å². The Hall–Kier alpha value is -0.890. The van der Waals surface area contributed by atoms with Crippen LogP contribution in [0, 0.1) is 0 Å². The van der Waals surface area contributed by atoms with Crippen molar-refractivity contribution in [3.05, 3.63) is 10.4 Å². The first kappa shape index (κ1) is 14.2. The van der Waals surface area contributed by atoms with Crippen LogP contribution in [0.4, 0.5) is 0 Å². The largest absolute Gasteiger partial charge is 0.388 e. The maximum atomic E-state index is 10.0. The number of aliphatic hydroxyl groups is 1. The van der Waals surface area contributed by atoms with E-state index in [0.29, 0.717) is 0 Å². The van der Waals surface area contributed by atoms with Crippen LogP contribution in [-0.4, -0.2) is 63.7 Å². The molecule has 0 aliphatic carbocycles. The number of azide groups is 1. The smallest absolute Gasteiger partial charge is 0.186 e. The number of ether oxygens (including phenoxy) is 4. The third-order valence-electron chi connectivity index (χ3n) is 2.72. The third-order valence-corrected chi connectivity index (χ3v) is 2.72. The van der Waals surface area contributed by atoms with Gasteiger partial charge in [-0.1, -0.05) is 5.11 Å². The van der Waals surface area contributed by atoms with Crippen molar-refractivity contribution in [1.29, 1.82) is 0 Å². The van der Waals surface area contributed by atoms with Crippen molar-refractivity contribution in [2.75, 3.05) is 27.9 Å². The molecule has 0 aromatic carbocycles. The van der Waals surface area contributed by atoms with Gasteiger partial charge in [0.1, 0.15) is 18.3 Å². The van der Waals surface area contributed by atoms with Crippen LogP contribution in [0.2, 0.25) is 0 Å². The summed E-state index contributed by atoms with van der Waals surface area (Å²) >= 11 is 0. The van der Waals surface area contributed by atoms with Crippen LogP contribution >= 0.6 is 0 Å². The molecule has 0 spiro atoms. The Kier molecular flexibility index (Phi) is 5.63. The second-order valence-electron chi connectivity index (χ2n) is 3.58. The quantitative estimate of drug-likeness (QED) is 0.420. The summed E-state index contributed by atoms with van der Waals surface area (Å²) in [6, 6.07) is 0. The fourth-order valence-corrected chi connectivity index (χ4v) is 1.87. The van der Waals surface area contributed by atoms with E-state index < -0.39 is 30.7 Å². The Morgan fingerprint density at radius 3 is 2.35 bits per heavy atom. The number of rotatable bonds is 5. The molecule has 1 aliphatic rings. The zero-order valence-electron chi connectivity index (χ0n) is 10.0. The zero-order chi connectivity index (χ0) is 12.8. The molecule has 0 bridgehead atoms. The van der Waals surface area contributed by atoms with Crippen LogP contribution in [-0.2, 0) is 18.9 Å². The highest BCUT2D eigenvalue weighted by atomic mass is 16.7. The average Bonchev–Trinajstić information content (AvgIpc) is 2.36. The van der Waals surface area contributed by atoms with Gasteiger partial charge in [-0.2, -0.15) is 0 Å². The van der Waals surface area contributed by atoms with Gasteiger partial charge < -0.3 is 24.1 Å². The summed E-state index contributed by atoms with van der Waals surface area (Å²) < 4.78 is 20.9. The number of nitrogens with zero attached hydrogens (tertiary/aromatic N) is 3. The highest BCUT2D eigenvalue weighted by molar-refractivity contribution is 4.91. The van der Waals surface area contributed by atoms with E-state index in [1.807, 2.05) is 0 Å². The molecule has 8 nitrogen and oxygen atoms in total. The number of hydrogen-bond acceptors (Lipinski definition) is 6. The van der Waals surface area contributed by atoms with Gasteiger partial charge in [0.2, 0.25) is 0 Å². The normalized spacial score (nSPS) is 37.5. The van der Waals surface area contributed by atoms with E-state index in [4.69, 9.17) is 24.5 Å². The van der Waals surface area contributed by atoms with E-state index in [1.54, 1.807) is 0 Å². The van der Waals surface area contributed by atoms with Gasteiger partial charge in [-0.05, 0) is 5.53 Å². The van der Waals surface area contributed by atoms with Crippen molar-refractivity contribution in [2.45, 2.75) is 30.7 Å². The zero-order valence-corrected chi connectivity index (χ0v) is 10.0. The first-order chi connectivity index (χ1) is 8.19. The topological polar surface area (TPSA) is 106 Å². The second kappa shape index (κ2) is 6.75. The summed E-state index contributed by atoms with van der Waals surface area (Å²) in [7, 11) is 4.40. The van der Waals surface area contributed by atoms with E-state index in [0.717, 1.165) is 0 Å². The van der Waals surface area contributed by atoms with Crippen molar-refractivity contribution in [3.8, 4) is 0 Å². The Morgan fingerprint density at radius 1 is 1.24 bits per heavy atom. The highest BCUT2D eigenvalue weighted by Gasteiger charge is 2.45. The van der Waals surface area contributed by atoms with Crippen LogP contribution in [0.3, 0.4) is 0 Å². The SMILES string of the molecule is CO[C@H]1O[C@H](CN=[N+]=[N-])[C@@H](O)[C@H](OC)[C@H]1OC. The van der Waals surface area contributed by atoms with Crippen molar-refractivity contribution in [2.24, 2.45) is 5.11 Å². The number of methoxy groups -OCH3 is 3. The molecule has 0 radical (unpaired) electrons. The lowest BCUT2D eigenvalue weighted by molar-refractivity contribution is -0.296. The average molecular weight is 247 g/mol. The summed E-state index contributed by atoms with van der Waals surface area (Å²) in [4.78, 5) is 2.63. The van der Waals surface area contributed by atoms with Gasteiger partial charge in [0.05, 0.1) is 12.6 Å². The van der Waals surface area contributed by atoms with Gasteiger partial charge >= 0.3 is 0 Å². The van der Waals surface area contributed by atoms with Gasteiger partial charge in [-0.25, -0.2) is 0 Å². The maximum absolute atomic E-state index is 10.0. The minimum Gasteiger partial charge on any atom is -0.388 e. The molecule has 17 heavy (non-hydrogen) atoms. The van der Waals surface area contributed by atoms with Crippen molar-refractivity contribution in [3.63, 3.8) is 0 Å². The van der Waals surface area contributed by atoms with Crippen molar-refractivity contribution in [1.82, 2.24) is 0 Å². The van der Waals surface area contributed by atoms with Crippen LogP contribution in [0.5, 0.6) is 0 Å². The van der Waals surface area contributed by atoms with Crippen molar-refractivity contribution < 1.29 is 24.1 Å². The van der Waals surface area contributed by atoms with Crippen LogP contribution in [0.1, 0.15) is 0 Å². The van der Waals surface area contributed by atoms with Gasteiger partial charge in [0, 0.05) is 26.2 Å². The first-order valence-electron chi connectivity index (χ1n) is 5.12. The number of hydrogen-bond donors (Lipinski definition) is 1. The second-order valence-corrected chi connectivity index (χ2v) is 3.58. The van der Waals surface area contributed by atoms with Gasteiger partial charge in [0.15, 0.2) is 6.29 Å². The lowest BCUT2D eigenvalue weighted by Crippen LogP contribution is -2.60. The van der Waals surface area contributed by atoms with Crippen molar-refractivity contribution >= 4 is 0 Å². The van der Waals surface area contributed by atoms with E-state index in [1.165, 1.54) is 21.3 Å². The fraction of sp³-hybridized carbons (Fsp3) is 1.00. The van der Waals surface area contributed by atoms with E-state index in [-0.39, 0.29) is 6.54 Å². The number of aliphatic hydroxyl groups excluding tert-OH is 1. The Morgan fingerprint density at radius 2 is 1.88 bits per heavy atom. The molecule has 98 valence electrons. The van der Waals surface area contributed by atoms with Crippen LogP contribution < -0.4 is 0 Å². The molecule has 0 amide bonds. The van der Waals surface area contributed by atoms with Gasteiger partial charge in [-0.3, -0.25) is 0 Å². The molecule has 0 unspecified atom stereocenters. The lowest BCUT2D eigenvalue weighted by atomic mass is 9.98.